The number of aromatic amines is 1. The SMILES string of the molecule is CN(Cc1ccc(S(=O)(=O)c2ccccc2)cc1)c1ccc2nc(N)[nH]c(=O)c2c1. The van der Waals surface area contributed by atoms with Crippen LogP contribution in [0.4, 0.5) is 11.6 Å². The summed E-state index contributed by atoms with van der Waals surface area (Å²) >= 11 is 0. The van der Waals surface area contributed by atoms with Gasteiger partial charge in [0.05, 0.1) is 20.7 Å². The number of hydrogen-bond acceptors (Lipinski definition) is 6. The summed E-state index contributed by atoms with van der Waals surface area (Å²) in [5, 5.41) is 0.456. The average molecular weight is 420 g/mol. The van der Waals surface area contributed by atoms with Crippen LogP contribution in [0.5, 0.6) is 0 Å². The van der Waals surface area contributed by atoms with Crippen molar-refractivity contribution in [3.8, 4) is 0 Å². The molecule has 0 amide bonds. The normalized spacial score (nSPS) is 11.5. The maximum Gasteiger partial charge on any atom is 0.260 e. The van der Waals surface area contributed by atoms with Gasteiger partial charge in [0.1, 0.15) is 0 Å². The predicted octanol–water partition coefficient (Wildman–Crippen LogP) is 2.97. The first kappa shape index (κ1) is 19.7. The highest BCUT2D eigenvalue weighted by molar-refractivity contribution is 7.91. The van der Waals surface area contributed by atoms with Gasteiger partial charge in [-0.15, -0.1) is 0 Å². The molecule has 4 rings (SSSR count). The minimum atomic E-state index is -3.54. The number of H-pyrrole nitrogens is 1. The van der Waals surface area contributed by atoms with Gasteiger partial charge in [-0.2, -0.15) is 0 Å². The zero-order chi connectivity index (χ0) is 21.3. The van der Waals surface area contributed by atoms with Crippen molar-refractivity contribution in [2.24, 2.45) is 0 Å². The molecular weight excluding hydrogens is 400 g/mol. The first-order valence-corrected chi connectivity index (χ1v) is 10.7. The Morgan fingerprint density at radius 1 is 0.967 bits per heavy atom. The Kier molecular flexibility index (Phi) is 5.01. The van der Waals surface area contributed by atoms with Crippen LogP contribution in [0.3, 0.4) is 0 Å². The Hall–Kier alpha value is -3.65. The standard InChI is InChI=1S/C22H20N4O3S/c1-26(16-9-12-20-19(13-16)21(27)25-22(23)24-20)14-15-7-10-18(11-8-15)30(28,29)17-5-3-2-4-6-17/h2-13H,14H2,1H3,(H3,23,24,25,27). The fraction of sp³-hybridized carbons (Fsp3) is 0.0909. The number of nitrogens with zero attached hydrogens (tertiary/aromatic N) is 2. The Balaban J connectivity index is 1.56. The molecule has 3 aromatic carbocycles. The van der Waals surface area contributed by atoms with E-state index in [1.807, 2.05) is 18.0 Å². The van der Waals surface area contributed by atoms with Crippen LogP contribution in [0.15, 0.2) is 87.4 Å². The van der Waals surface area contributed by atoms with Gasteiger partial charge in [0.25, 0.3) is 5.56 Å². The van der Waals surface area contributed by atoms with Crippen molar-refractivity contribution < 1.29 is 8.42 Å². The van der Waals surface area contributed by atoms with E-state index in [-0.39, 0.29) is 21.3 Å². The number of hydrogen-bond donors (Lipinski definition) is 2. The lowest BCUT2D eigenvalue weighted by atomic mass is 10.1. The molecule has 0 aliphatic carbocycles. The summed E-state index contributed by atoms with van der Waals surface area (Å²) in [7, 11) is -1.64. The van der Waals surface area contributed by atoms with Crippen LogP contribution in [-0.4, -0.2) is 25.4 Å². The zero-order valence-corrected chi connectivity index (χ0v) is 17.1. The highest BCUT2D eigenvalue weighted by Crippen LogP contribution is 2.23. The van der Waals surface area contributed by atoms with E-state index in [0.29, 0.717) is 17.4 Å². The van der Waals surface area contributed by atoms with E-state index in [4.69, 9.17) is 5.73 Å². The zero-order valence-electron chi connectivity index (χ0n) is 16.2. The van der Waals surface area contributed by atoms with E-state index in [9.17, 15) is 13.2 Å². The minimum absolute atomic E-state index is 0.0825. The van der Waals surface area contributed by atoms with Gasteiger partial charge in [-0.25, -0.2) is 13.4 Å². The third-order valence-electron chi connectivity index (χ3n) is 4.85. The molecule has 1 heterocycles. The molecule has 0 spiro atoms. The fourth-order valence-electron chi connectivity index (χ4n) is 3.26. The van der Waals surface area contributed by atoms with Crippen molar-refractivity contribution in [1.82, 2.24) is 9.97 Å². The number of nitrogen functional groups attached to an aromatic ring is 1. The van der Waals surface area contributed by atoms with Gasteiger partial charge in [0, 0.05) is 19.3 Å². The Labute approximate surface area is 173 Å². The van der Waals surface area contributed by atoms with Crippen LogP contribution < -0.4 is 16.2 Å². The molecule has 0 aliphatic rings. The quantitative estimate of drug-likeness (QED) is 0.514. The lowest BCUT2D eigenvalue weighted by molar-refractivity contribution is 0.596. The number of anilines is 2. The number of nitrogens with two attached hydrogens (primary N) is 1. The van der Waals surface area contributed by atoms with Crippen molar-refractivity contribution in [1.29, 1.82) is 0 Å². The molecule has 3 N–H and O–H groups in total. The third-order valence-corrected chi connectivity index (χ3v) is 6.64. The van der Waals surface area contributed by atoms with Crippen molar-refractivity contribution in [2.45, 2.75) is 16.3 Å². The number of benzene rings is 3. The van der Waals surface area contributed by atoms with Crippen LogP contribution in [-0.2, 0) is 16.4 Å². The summed E-state index contributed by atoms with van der Waals surface area (Å²) < 4.78 is 25.4. The van der Waals surface area contributed by atoms with Crippen molar-refractivity contribution in [2.75, 3.05) is 17.7 Å². The van der Waals surface area contributed by atoms with E-state index in [0.717, 1.165) is 11.3 Å². The summed E-state index contributed by atoms with van der Waals surface area (Å²) in [6.07, 6.45) is 0. The topological polar surface area (TPSA) is 109 Å². The minimum Gasteiger partial charge on any atom is -0.370 e. The summed E-state index contributed by atoms with van der Waals surface area (Å²) in [5.74, 6) is 0.0825. The molecule has 1 aromatic heterocycles. The van der Waals surface area contributed by atoms with Crippen molar-refractivity contribution >= 4 is 32.4 Å². The number of nitrogens with one attached hydrogen (secondary N) is 1. The molecule has 0 unspecified atom stereocenters. The van der Waals surface area contributed by atoms with Crippen LogP contribution in [0.2, 0.25) is 0 Å². The molecule has 0 saturated heterocycles. The maximum absolute atomic E-state index is 12.7. The lowest BCUT2D eigenvalue weighted by Gasteiger charge is -2.20. The van der Waals surface area contributed by atoms with Gasteiger partial charge in [-0.05, 0) is 48.0 Å². The molecular formula is C22H20N4O3S. The Morgan fingerprint density at radius 2 is 1.63 bits per heavy atom. The van der Waals surface area contributed by atoms with Crippen LogP contribution in [0.1, 0.15) is 5.56 Å². The maximum atomic E-state index is 12.7. The van der Waals surface area contributed by atoms with Crippen molar-refractivity contribution in [3.63, 3.8) is 0 Å². The summed E-state index contributed by atoms with van der Waals surface area (Å²) in [6, 6.07) is 20.5. The second-order valence-electron chi connectivity index (χ2n) is 6.97. The second kappa shape index (κ2) is 7.64. The van der Waals surface area contributed by atoms with Crippen molar-refractivity contribution in [3.05, 3.63) is 88.7 Å². The average Bonchev–Trinajstić information content (AvgIpc) is 2.74. The molecule has 8 heteroatoms. The van der Waals surface area contributed by atoms with E-state index < -0.39 is 9.84 Å². The highest BCUT2D eigenvalue weighted by Gasteiger charge is 2.17. The summed E-state index contributed by atoms with van der Waals surface area (Å²) in [5.41, 5.74) is 7.60. The van der Waals surface area contributed by atoms with Crippen LogP contribution in [0.25, 0.3) is 10.9 Å². The fourth-order valence-corrected chi connectivity index (χ4v) is 4.54. The predicted molar refractivity (Wildman–Crippen MR) is 117 cm³/mol. The van der Waals surface area contributed by atoms with E-state index in [2.05, 4.69) is 9.97 Å². The lowest BCUT2D eigenvalue weighted by Crippen LogP contribution is -2.17. The molecule has 0 atom stereocenters. The van der Waals surface area contributed by atoms with Gasteiger partial charge in [0.15, 0.2) is 0 Å². The van der Waals surface area contributed by atoms with Gasteiger partial charge in [-0.3, -0.25) is 9.78 Å². The van der Waals surface area contributed by atoms with Gasteiger partial charge >= 0.3 is 0 Å². The van der Waals surface area contributed by atoms with Gasteiger partial charge < -0.3 is 10.6 Å². The Bertz CT molecular complexity index is 1370. The monoisotopic (exact) mass is 420 g/mol. The molecule has 0 radical (unpaired) electrons. The first-order valence-electron chi connectivity index (χ1n) is 9.24. The van der Waals surface area contributed by atoms with E-state index in [1.165, 1.54) is 0 Å². The highest BCUT2D eigenvalue weighted by atomic mass is 32.2. The molecule has 0 aliphatic heterocycles. The molecule has 0 saturated carbocycles. The van der Waals surface area contributed by atoms with E-state index >= 15 is 0 Å². The first-order chi connectivity index (χ1) is 14.3. The molecule has 7 nitrogen and oxygen atoms in total. The van der Waals surface area contributed by atoms with E-state index in [1.54, 1.807) is 66.7 Å². The van der Waals surface area contributed by atoms with Gasteiger partial charge in [0.2, 0.25) is 15.8 Å². The van der Waals surface area contributed by atoms with Crippen LogP contribution >= 0.6 is 0 Å². The number of fused-ring (bicyclic) bond motifs is 1. The smallest absolute Gasteiger partial charge is 0.260 e. The van der Waals surface area contributed by atoms with Crippen LogP contribution in [0, 0.1) is 0 Å². The largest absolute Gasteiger partial charge is 0.370 e. The molecule has 0 bridgehead atoms. The molecule has 4 aromatic rings. The second-order valence-corrected chi connectivity index (χ2v) is 8.92. The third kappa shape index (κ3) is 3.77. The number of sulfone groups is 1. The number of rotatable bonds is 5. The van der Waals surface area contributed by atoms with Gasteiger partial charge in [-0.1, -0.05) is 30.3 Å². The molecule has 152 valence electrons. The summed E-state index contributed by atoms with van der Waals surface area (Å²) in [6.45, 7) is 0.539. The number of aromatic nitrogens is 2. The molecule has 0 fully saturated rings. The Morgan fingerprint density at radius 3 is 2.33 bits per heavy atom. The molecule has 30 heavy (non-hydrogen) atoms. The summed E-state index contributed by atoms with van der Waals surface area (Å²) in [4.78, 5) is 21.2.